The quantitative estimate of drug-likeness (QED) is 0.831. The highest BCUT2D eigenvalue weighted by Gasteiger charge is 2.23. The van der Waals surface area contributed by atoms with Crippen molar-refractivity contribution in [1.82, 2.24) is 4.98 Å². The Labute approximate surface area is 89.5 Å². The number of nitrogens with zero attached hydrogens (tertiary/aromatic N) is 1. The molecule has 0 saturated carbocycles. The van der Waals surface area contributed by atoms with Gasteiger partial charge in [-0.3, -0.25) is 0 Å². The number of hydrogen-bond donors (Lipinski definition) is 1. The zero-order valence-electron chi connectivity index (χ0n) is 8.75. The molecule has 78 valence electrons. The molecule has 0 spiro atoms. The molecule has 0 amide bonds. The molecule has 14 heavy (non-hydrogen) atoms. The number of hydrogen-bond acceptors (Lipinski definition) is 3. The number of nitrogens with two attached hydrogens (primary N) is 1. The molecule has 0 saturated heterocycles. The van der Waals surface area contributed by atoms with Gasteiger partial charge in [0.25, 0.3) is 0 Å². The average molecular weight is 210 g/mol. The number of aromatic nitrogens is 1. The molecule has 2 nitrogen and oxygen atoms in total. The largest absolute Gasteiger partial charge is 0.375 e. The molecule has 1 unspecified atom stereocenters. The Morgan fingerprint density at radius 1 is 1.57 bits per heavy atom. The second-order valence-electron chi connectivity index (χ2n) is 4.09. The van der Waals surface area contributed by atoms with E-state index >= 15 is 0 Å². The number of anilines is 1. The Kier molecular flexibility index (Phi) is 3.06. The van der Waals surface area contributed by atoms with Crippen LogP contribution >= 0.6 is 11.3 Å². The van der Waals surface area contributed by atoms with Crippen molar-refractivity contribution in [3.8, 4) is 0 Å². The van der Waals surface area contributed by atoms with Crippen molar-refractivity contribution < 1.29 is 0 Å². The summed E-state index contributed by atoms with van der Waals surface area (Å²) < 4.78 is 0. The smallest absolute Gasteiger partial charge is 0.180 e. The SMILES string of the molecule is CCCCC1CCCc2sc(N)nc21. The summed E-state index contributed by atoms with van der Waals surface area (Å²) in [7, 11) is 0. The van der Waals surface area contributed by atoms with E-state index in [9.17, 15) is 0 Å². The Hall–Kier alpha value is -0.570. The van der Waals surface area contributed by atoms with Gasteiger partial charge >= 0.3 is 0 Å². The van der Waals surface area contributed by atoms with Crippen LogP contribution in [0.3, 0.4) is 0 Å². The van der Waals surface area contributed by atoms with Gasteiger partial charge in [0.05, 0.1) is 5.69 Å². The fraction of sp³-hybridized carbons (Fsp3) is 0.727. The number of unbranched alkanes of at least 4 members (excludes halogenated alkanes) is 1. The highest BCUT2D eigenvalue weighted by Crippen LogP contribution is 2.38. The van der Waals surface area contributed by atoms with Crippen molar-refractivity contribution in [2.45, 2.75) is 51.4 Å². The molecule has 1 aromatic rings. The normalized spacial score (nSPS) is 20.8. The van der Waals surface area contributed by atoms with Crippen LogP contribution in [0.4, 0.5) is 5.13 Å². The summed E-state index contributed by atoms with van der Waals surface area (Å²) in [5.41, 5.74) is 7.08. The Balaban J connectivity index is 2.13. The lowest BCUT2D eigenvalue weighted by atomic mass is 9.87. The zero-order chi connectivity index (χ0) is 9.97. The highest BCUT2D eigenvalue weighted by atomic mass is 32.1. The van der Waals surface area contributed by atoms with Gasteiger partial charge in [-0.15, -0.1) is 11.3 Å². The third kappa shape index (κ3) is 1.92. The molecule has 2 N–H and O–H groups in total. The molecule has 1 aromatic heterocycles. The fourth-order valence-electron chi connectivity index (χ4n) is 2.26. The van der Waals surface area contributed by atoms with Crippen molar-refractivity contribution in [3.63, 3.8) is 0 Å². The molecule has 0 aromatic carbocycles. The number of nitrogen functional groups attached to an aromatic ring is 1. The summed E-state index contributed by atoms with van der Waals surface area (Å²) in [6, 6.07) is 0. The Morgan fingerprint density at radius 2 is 2.43 bits per heavy atom. The minimum absolute atomic E-state index is 0.701. The molecule has 1 aliphatic rings. The first-order chi connectivity index (χ1) is 6.81. The van der Waals surface area contributed by atoms with Gasteiger partial charge in [0.15, 0.2) is 5.13 Å². The van der Waals surface area contributed by atoms with E-state index < -0.39 is 0 Å². The third-order valence-corrected chi connectivity index (χ3v) is 3.95. The van der Waals surface area contributed by atoms with Crippen LogP contribution in [0.2, 0.25) is 0 Å². The molecule has 0 radical (unpaired) electrons. The second-order valence-corrected chi connectivity index (χ2v) is 5.21. The third-order valence-electron chi connectivity index (χ3n) is 2.99. The molecule has 1 atom stereocenters. The topological polar surface area (TPSA) is 38.9 Å². The van der Waals surface area contributed by atoms with E-state index in [2.05, 4.69) is 11.9 Å². The summed E-state index contributed by atoms with van der Waals surface area (Å²) in [5, 5.41) is 0.762. The van der Waals surface area contributed by atoms with Gasteiger partial charge in [0, 0.05) is 10.8 Å². The molecular weight excluding hydrogens is 192 g/mol. The second kappa shape index (κ2) is 4.30. The van der Waals surface area contributed by atoms with E-state index in [0.717, 1.165) is 5.13 Å². The highest BCUT2D eigenvalue weighted by molar-refractivity contribution is 7.15. The molecule has 0 fully saturated rings. The zero-order valence-corrected chi connectivity index (χ0v) is 9.57. The van der Waals surface area contributed by atoms with Crippen molar-refractivity contribution >= 4 is 16.5 Å². The molecular formula is C11H18N2S. The van der Waals surface area contributed by atoms with Crippen molar-refractivity contribution in [1.29, 1.82) is 0 Å². The van der Waals surface area contributed by atoms with Crippen LogP contribution < -0.4 is 5.73 Å². The maximum absolute atomic E-state index is 5.76. The Bertz CT molecular complexity index is 306. The van der Waals surface area contributed by atoms with E-state index in [1.165, 1.54) is 49.1 Å². The number of aryl methyl sites for hydroxylation is 1. The number of thiazole rings is 1. The molecule has 0 aliphatic heterocycles. The first-order valence-corrected chi connectivity index (χ1v) is 6.38. The van der Waals surface area contributed by atoms with Gasteiger partial charge in [-0.25, -0.2) is 4.98 Å². The predicted molar refractivity (Wildman–Crippen MR) is 61.7 cm³/mol. The van der Waals surface area contributed by atoms with Gasteiger partial charge in [0.1, 0.15) is 0 Å². The van der Waals surface area contributed by atoms with Crippen LogP contribution in [0, 0.1) is 0 Å². The summed E-state index contributed by atoms with van der Waals surface area (Å²) in [6.45, 7) is 2.25. The van der Waals surface area contributed by atoms with E-state index in [-0.39, 0.29) is 0 Å². The van der Waals surface area contributed by atoms with Crippen molar-refractivity contribution in [2.75, 3.05) is 5.73 Å². The predicted octanol–water partition coefficient (Wildman–Crippen LogP) is 3.34. The lowest BCUT2D eigenvalue weighted by Gasteiger charge is -2.20. The first kappa shape index (κ1) is 9.97. The van der Waals surface area contributed by atoms with Crippen LogP contribution in [0.5, 0.6) is 0 Å². The van der Waals surface area contributed by atoms with E-state index in [1.807, 2.05) is 0 Å². The van der Waals surface area contributed by atoms with Crippen LogP contribution in [-0.2, 0) is 6.42 Å². The average Bonchev–Trinajstić information content (AvgIpc) is 2.55. The van der Waals surface area contributed by atoms with Crippen LogP contribution in [0.15, 0.2) is 0 Å². The number of fused-ring (bicyclic) bond motifs is 1. The minimum Gasteiger partial charge on any atom is -0.375 e. The molecule has 1 heterocycles. The van der Waals surface area contributed by atoms with Crippen molar-refractivity contribution in [3.05, 3.63) is 10.6 Å². The molecule has 1 aliphatic carbocycles. The van der Waals surface area contributed by atoms with Gasteiger partial charge in [-0.1, -0.05) is 19.8 Å². The van der Waals surface area contributed by atoms with Gasteiger partial charge in [-0.2, -0.15) is 0 Å². The summed E-state index contributed by atoms with van der Waals surface area (Å²) in [6.07, 6.45) is 7.74. The molecule has 2 rings (SSSR count). The van der Waals surface area contributed by atoms with Crippen LogP contribution in [0.25, 0.3) is 0 Å². The van der Waals surface area contributed by atoms with E-state index in [1.54, 1.807) is 11.3 Å². The van der Waals surface area contributed by atoms with E-state index in [0.29, 0.717) is 5.92 Å². The van der Waals surface area contributed by atoms with Crippen LogP contribution in [0.1, 0.15) is 55.5 Å². The maximum Gasteiger partial charge on any atom is 0.180 e. The summed E-state index contributed by atoms with van der Waals surface area (Å²) in [5.74, 6) is 0.701. The maximum atomic E-state index is 5.76. The first-order valence-electron chi connectivity index (χ1n) is 5.56. The molecule has 3 heteroatoms. The van der Waals surface area contributed by atoms with Crippen molar-refractivity contribution in [2.24, 2.45) is 0 Å². The summed E-state index contributed by atoms with van der Waals surface area (Å²) in [4.78, 5) is 5.94. The van der Waals surface area contributed by atoms with Crippen LogP contribution in [-0.4, -0.2) is 4.98 Å². The van der Waals surface area contributed by atoms with E-state index in [4.69, 9.17) is 5.73 Å². The van der Waals surface area contributed by atoms with Gasteiger partial charge < -0.3 is 5.73 Å². The summed E-state index contributed by atoms with van der Waals surface area (Å²) >= 11 is 1.69. The lowest BCUT2D eigenvalue weighted by molar-refractivity contribution is 0.496. The molecule has 0 bridgehead atoms. The monoisotopic (exact) mass is 210 g/mol. The lowest BCUT2D eigenvalue weighted by Crippen LogP contribution is -2.08. The fourth-order valence-corrected chi connectivity index (χ4v) is 3.22. The van der Waals surface area contributed by atoms with Gasteiger partial charge in [0.2, 0.25) is 0 Å². The number of rotatable bonds is 3. The Morgan fingerprint density at radius 3 is 3.21 bits per heavy atom. The minimum atomic E-state index is 0.701. The van der Waals surface area contributed by atoms with Gasteiger partial charge in [-0.05, 0) is 25.7 Å². The standard InChI is InChI=1S/C11H18N2S/c1-2-3-5-8-6-4-7-9-10(8)13-11(12)14-9/h8H,2-7H2,1H3,(H2,12,13).